The van der Waals surface area contributed by atoms with E-state index in [1.54, 1.807) is 7.11 Å². The smallest absolute Gasteiger partial charge is 0.279 e. The van der Waals surface area contributed by atoms with Crippen molar-refractivity contribution in [1.29, 1.82) is 0 Å². The van der Waals surface area contributed by atoms with E-state index in [0.29, 0.717) is 26.1 Å². The Hall–Kier alpha value is -1.19. The average Bonchev–Trinajstić information content (AvgIpc) is 2.50. The molecule has 0 bridgehead atoms. The van der Waals surface area contributed by atoms with E-state index < -0.39 is 22.4 Å². The first-order valence-electron chi connectivity index (χ1n) is 7.55. The average molecular weight is 343 g/mol. The normalized spacial score (nSPS) is 23.2. The van der Waals surface area contributed by atoms with Crippen LogP contribution in [-0.4, -0.2) is 69.2 Å². The van der Waals surface area contributed by atoms with Crippen molar-refractivity contribution in [2.24, 2.45) is 0 Å². The predicted molar refractivity (Wildman–Crippen MR) is 88.4 cm³/mol. The van der Waals surface area contributed by atoms with Gasteiger partial charge in [-0.25, -0.2) is 0 Å². The van der Waals surface area contributed by atoms with Crippen LogP contribution in [0.15, 0.2) is 24.3 Å². The Morgan fingerprint density at radius 2 is 2.09 bits per heavy atom. The summed E-state index contributed by atoms with van der Waals surface area (Å²) in [5.74, 6) is 0.817. The Bertz CT molecular complexity index is 621. The second kappa shape index (κ2) is 7.59. The van der Waals surface area contributed by atoms with Crippen LogP contribution in [0.3, 0.4) is 0 Å². The molecule has 1 fully saturated rings. The number of piperidine rings is 1. The maximum atomic E-state index is 11.9. The van der Waals surface area contributed by atoms with Crippen LogP contribution in [0.1, 0.15) is 12.0 Å². The van der Waals surface area contributed by atoms with Gasteiger partial charge >= 0.3 is 0 Å². The molecule has 1 aromatic carbocycles. The summed E-state index contributed by atoms with van der Waals surface area (Å²) in [7, 11) is 1.03. The van der Waals surface area contributed by atoms with Gasteiger partial charge in [-0.1, -0.05) is 18.2 Å². The second-order valence-electron chi connectivity index (χ2n) is 5.91. The molecule has 1 aliphatic rings. The molecule has 0 aliphatic carbocycles. The molecule has 0 spiro atoms. The topological polar surface area (TPSA) is 82.1 Å². The number of rotatable bonds is 6. The molecule has 0 aromatic heterocycles. The number of aliphatic hydroxyl groups excluding tert-OH is 1. The highest BCUT2D eigenvalue weighted by molar-refractivity contribution is 7.87. The third kappa shape index (κ3) is 4.65. The van der Waals surface area contributed by atoms with Gasteiger partial charge < -0.3 is 9.84 Å². The lowest BCUT2D eigenvalue weighted by Gasteiger charge is -2.36. The van der Waals surface area contributed by atoms with Crippen LogP contribution in [0.2, 0.25) is 0 Å². The highest BCUT2D eigenvalue weighted by atomic mass is 32.2. The van der Waals surface area contributed by atoms with Crippen LogP contribution >= 0.6 is 0 Å². The Morgan fingerprint density at radius 1 is 1.39 bits per heavy atom. The summed E-state index contributed by atoms with van der Waals surface area (Å²) >= 11 is 0. The zero-order valence-corrected chi connectivity index (χ0v) is 14.6. The van der Waals surface area contributed by atoms with Gasteiger partial charge in [-0.15, -0.1) is 0 Å². The summed E-state index contributed by atoms with van der Waals surface area (Å²) in [4.78, 5) is 2.10. The lowest BCUT2D eigenvalue weighted by atomic mass is 10.0. The first kappa shape index (κ1) is 18.2. The number of β-amino-alcohol motifs (C(OH)–C–C–N with tert-alkyl or cyclic N) is 1. The second-order valence-corrected chi connectivity index (χ2v) is 7.83. The van der Waals surface area contributed by atoms with Crippen LogP contribution in [0, 0.1) is 0 Å². The summed E-state index contributed by atoms with van der Waals surface area (Å²) in [5, 5.41) is 10.3. The van der Waals surface area contributed by atoms with E-state index in [0.717, 1.165) is 15.6 Å². The fourth-order valence-electron chi connectivity index (χ4n) is 2.65. The standard InChI is InChI=1S/C15H25N3O4S/c1-17(2)23(20,21)16-13-8-9-18(11-14(13)19)10-12-6-4-5-7-15(12)22-3/h4-7,13-14,16,19H,8-11H2,1-3H3. The van der Waals surface area contributed by atoms with Gasteiger partial charge in [0.05, 0.1) is 19.3 Å². The monoisotopic (exact) mass is 343 g/mol. The first-order valence-corrected chi connectivity index (χ1v) is 8.99. The van der Waals surface area contributed by atoms with E-state index in [9.17, 15) is 13.5 Å². The third-order valence-electron chi connectivity index (χ3n) is 4.03. The van der Waals surface area contributed by atoms with Gasteiger partial charge in [0.2, 0.25) is 0 Å². The zero-order valence-electron chi connectivity index (χ0n) is 13.8. The molecular formula is C15H25N3O4S. The van der Waals surface area contributed by atoms with Crippen molar-refractivity contribution in [2.75, 3.05) is 34.3 Å². The van der Waals surface area contributed by atoms with E-state index in [-0.39, 0.29) is 0 Å². The molecule has 23 heavy (non-hydrogen) atoms. The molecule has 2 N–H and O–H groups in total. The van der Waals surface area contributed by atoms with Crippen LogP contribution in [0.25, 0.3) is 0 Å². The van der Waals surface area contributed by atoms with Gasteiger partial charge in [-0.2, -0.15) is 17.4 Å². The number of nitrogens with zero attached hydrogens (tertiary/aromatic N) is 2. The number of hydrogen-bond acceptors (Lipinski definition) is 5. The molecule has 7 nitrogen and oxygen atoms in total. The maximum Gasteiger partial charge on any atom is 0.279 e. The minimum absolute atomic E-state index is 0.415. The van der Waals surface area contributed by atoms with Gasteiger partial charge in [-0.05, 0) is 12.5 Å². The van der Waals surface area contributed by atoms with Crippen molar-refractivity contribution >= 4 is 10.2 Å². The van der Waals surface area contributed by atoms with Crippen molar-refractivity contribution < 1.29 is 18.3 Å². The summed E-state index contributed by atoms with van der Waals surface area (Å²) in [6, 6.07) is 7.30. The minimum Gasteiger partial charge on any atom is -0.496 e. The molecule has 2 rings (SSSR count). The number of methoxy groups -OCH3 is 1. The SMILES string of the molecule is COc1ccccc1CN1CCC(NS(=O)(=O)N(C)C)C(O)C1. The molecule has 130 valence electrons. The fourth-order valence-corrected chi connectivity index (χ4v) is 3.52. The van der Waals surface area contributed by atoms with Crippen LogP contribution < -0.4 is 9.46 Å². The number of ether oxygens (including phenoxy) is 1. The largest absolute Gasteiger partial charge is 0.496 e. The Labute approximate surface area is 138 Å². The van der Waals surface area contributed by atoms with Gasteiger partial charge in [0.1, 0.15) is 5.75 Å². The van der Waals surface area contributed by atoms with E-state index in [1.807, 2.05) is 24.3 Å². The molecule has 1 aliphatic heterocycles. The molecule has 2 atom stereocenters. The zero-order chi connectivity index (χ0) is 17.0. The van der Waals surface area contributed by atoms with E-state index in [4.69, 9.17) is 4.74 Å². The lowest BCUT2D eigenvalue weighted by Crippen LogP contribution is -2.55. The number of nitrogens with one attached hydrogen (secondary N) is 1. The first-order chi connectivity index (χ1) is 10.8. The molecule has 1 saturated heterocycles. The number of hydrogen-bond donors (Lipinski definition) is 2. The van der Waals surface area contributed by atoms with E-state index in [2.05, 4.69) is 9.62 Å². The number of benzene rings is 1. The molecule has 1 heterocycles. The molecule has 0 radical (unpaired) electrons. The quantitative estimate of drug-likeness (QED) is 0.761. The molecule has 8 heteroatoms. The van der Waals surface area contributed by atoms with Crippen LogP contribution in [0.4, 0.5) is 0 Å². The predicted octanol–water partition coefficient (Wildman–Crippen LogP) is 0.0264. The molecule has 2 unspecified atom stereocenters. The Morgan fingerprint density at radius 3 is 2.70 bits per heavy atom. The van der Waals surface area contributed by atoms with Crippen LogP contribution in [-0.2, 0) is 16.8 Å². The third-order valence-corrected chi connectivity index (χ3v) is 5.60. The summed E-state index contributed by atoms with van der Waals surface area (Å²) in [5.41, 5.74) is 1.05. The minimum atomic E-state index is -3.53. The highest BCUT2D eigenvalue weighted by Gasteiger charge is 2.31. The van der Waals surface area contributed by atoms with Crippen molar-refractivity contribution in [3.8, 4) is 5.75 Å². The highest BCUT2D eigenvalue weighted by Crippen LogP contribution is 2.21. The summed E-state index contributed by atoms with van der Waals surface area (Å²) in [6.45, 7) is 1.78. The van der Waals surface area contributed by atoms with Gasteiger partial charge in [0.25, 0.3) is 10.2 Å². The van der Waals surface area contributed by atoms with Gasteiger partial charge in [-0.3, -0.25) is 4.90 Å². The van der Waals surface area contributed by atoms with E-state index in [1.165, 1.54) is 14.1 Å². The number of para-hydroxylation sites is 1. The Kier molecular flexibility index (Phi) is 5.99. The Balaban J connectivity index is 1.96. The van der Waals surface area contributed by atoms with Crippen molar-refractivity contribution in [3.05, 3.63) is 29.8 Å². The maximum absolute atomic E-state index is 11.9. The number of likely N-dealkylation sites (tertiary alicyclic amines) is 1. The lowest BCUT2D eigenvalue weighted by molar-refractivity contribution is 0.0438. The number of aliphatic hydroxyl groups is 1. The van der Waals surface area contributed by atoms with Gasteiger partial charge in [0, 0.05) is 39.3 Å². The molecule has 0 amide bonds. The van der Waals surface area contributed by atoms with E-state index >= 15 is 0 Å². The van der Waals surface area contributed by atoms with Crippen molar-refractivity contribution in [1.82, 2.24) is 13.9 Å². The molecule has 0 saturated carbocycles. The summed E-state index contributed by atoms with van der Waals surface area (Å²) in [6.07, 6.45) is -0.184. The molecular weight excluding hydrogens is 318 g/mol. The fraction of sp³-hybridized carbons (Fsp3) is 0.600. The summed E-state index contributed by atoms with van der Waals surface area (Å²) < 4.78 is 32.7. The van der Waals surface area contributed by atoms with Crippen molar-refractivity contribution in [3.63, 3.8) is 0 Å². The molecule has 1 aromatic rings. The van der Waals surface area contributed by atoms with Crippen LogP contribution in [0.5, 0.6) is 5.75 Å². The van der Waals surface area contributed by atoms with Gasteiger partial charge in [0.15, 0.2) is 0 Å². The van der Waals surface area contributed by atoms with Crippen molar-refractivity contribution in [2.45, 2.75) is 25.1 Å².